The Morgan fingerprint density at radius 2 is 2.00 bits per heavy atom. The SMILES string of the molecule is COc1ccccc1CN1CCNCC1c1ccncc1.Cl. The first-order valence-electron chi connectivity index (χ1n) is 7.35. The molecule has 1 aliphatic heterocycles. The van der Waals surface area contributed by atoms with Crippen LogP contribution >= 0.6 is 12.4 Å². The predicted octanol–water partition coefficient (Wildman–Crippen LogP) is 2.66. The van der Waals surface area contributed by atoms with E-state index in [0.29, 0.717) is 6.04 Å². The van der Waals surface area contributed by atoms with Crippen LogP contribution in [0.5, 0.6) is 5.75 Å². The zero-order chi connectivity index (χ0) is 14.5. The minimum atomic E-state index is 0. The van der Waals surface area contributed by atoms with Crippen molar-refractivity contribution in [2.45, 2.75) is 12.6 Å². The van der Waals surface area contributed by atoms with Gasteiger partial charge in [0.15, 0.2) is 0 Å². The van der Waals surface area contributed by atoms with Crippen molar-refractivity contribution in [2.24, 2.45) is 0 Å². The zero-order valence-electron chi connectivity index (χ0n) is 12.7. The van der Waals surface area contributed by atoms with Crippen LogP contribution < -0.4 is 10.1 Å². The minimum Gasteiger partial charge on any atom is -0.496 e. The zero-order valence-corrected chi connectivity index (χ0v) is 13.6. The number of hydrogen-bond donors (Lipinski definition) is 1. The Morgan fingerprint density at radius 1 is 1.23 bits per heavy atom. The van der Waals surface area contributed by atoms with Gasteiger partial charge in [-0.15, -0.1) is 12.4 Å². The maximum atomic E-state index is 5.48. The summed E-state index contributed by atoms with van der Waals surface area (Å²) in [4.78, 5) is 6.62. The van der Waals surface area contributed by atoms with Crippen LogP contribution in [-0.2, 0) is 6.54 Å². The topological polar surface area (TPSA) is 37.4 Å². The maximum Gasteiger partial charge on any atom is 0.123 e. The molecule has 22 heavy (non-hydrogen) atoms. The van der Waals surface area contributed by atoms with E-state index in [1.807, 2.05) is 24.5 Å². The molecule has 3 rings (SSSR count). The summed E-state index contributed by atoms with van der Waals surface area (Å²) in [5.41, 5.74) is 2.55. The first-order valence-corrected chi connectivity index (χ1v) is 7.35. The molecule has 5 heteroatoms. The van der Waals surface area contributed by atoms with Gasteiger partial charge in [0.2, 0.25) is 0 Å². The summed E-state index contributed by atoms with van der Waals surface area (Å²) in [7, 11) is 1.73. The lowest BCUT2D eigenvalue weighted by Crippen LogP contribution is -2.45. The van der Waals surface area contributed by atoms with E-state index in [9.17, 15) is 0 Å². The van der Waals surface area contributed by atoms with Crippen LogP contribution in [0.4, 0.5) is 0 Å². The molecular weight excluding hydrogens is 298 g/mol. The lowest BCUT2D eigenvalue weighted by atomic mass is 10.0. The fourth-order valence-electron chi connectivity index (χ4n) is 2.90. The number of methoxy groups -OCH3 is 1. The number of pyridine rings is 1. The first kappa shape index (κ1) is 16.7. The summed E-state index contributed by atoms with van der Waals surface area (Å²) in [6.07, 6.45) is 3.73. The van der Waals surface area contributed by atoms with Crippen LogP contribution in [0.15, 0.2) is 48.8 Å². The fraction of sp³-hybridized carbons (Fsp3) is 0.353. The van der Waals surface area contributed by atoms with Crippen molar-refractivity contribution < 1.29 is 4.74 Å². The Labute approximate surface area is 137 Å². The van der Waals surface area contributed by atoms with Crippen molar-refractivity contribution in [3.05, 3.63) is 59.9 Å². The molecule has 2 heterocycles. The molecule has 1 aromatic carbocycles. The van der Waals surface area contributed by atoms with Crippen LogP contribution in [0.2, 0.25) is 0 Å². The molecule has 1 N–H and O–H groups in total. The van der Waals surface area contributed by atoms with Crippen LogP contribution in [0.25, 0.3) is 0 Å². The summed E-state index contributed by atoms with van der Waals surface area (Å²) < 4.78 is 5.48. The van der Waals surface area contributed by atoms with E-state index in [1.54, 1.807) is 7.11 Å². The monoisotopic (exact) mass is 319 g/mol. The van der Waals surface area contributed by atoms with Gasteiger partial charge < -0.3 is 10.1 Å². The summed E-state index contributed by atoms with van der Waals surface area (Å²) in [6, 6.07) is 12.8. The van der Waals surface area contributed by atoms with E-state index in [1.165, 1.54) is 11.1 Å². The summed E-state index contributed by atoms with van der Waals surface area (Å²) >= 11 is 0. The van der Waals surface area contributed by atoms with Gasteiger partial charge in [0.05, 0.1) is 7.11 Å². The molecule has 0 spiro atoms. The Bertz CT molecular complexity index is 579. The number of ether oxygens (including phenoxy) is 1. The molecular formula is C17H22ClN3O. The first-order chi connectivity index (χ1) is 10.4. The molecule has 1 atom stereocenters. The molecule has 1 fully saturated rings. The number of nitrogens with one attached hydrogen (secondary N) is 1. The Morgan fingerprint density at radius 3 is 2.77 bits per heavy atom. The number of para-hydroxylation sites is 1. The molecule has 1 aromatic heterocycles. The summed E-state index contributed by atoms with van der Waals surface area (Å²) in [5, 5.41) is 3.48. The highest BCUT2D eigenvalue weighted by Gasteiger charge is 2.24. The second-order valence-corrected chi connectivity index (χ2v) is 5.28. The van der Waals surface area contributed by atoms with Gasteiger partial charge in [-0.3, -0.25) is 9.88 Å². The third-order valence-electron chi connectivity index (χ3n) is 4.01. The Balaban J connectivity index is 0.00000176. The molecule has 1 saturated heterocycles. The van der Waals surface area contributed by atoms with E-state index in [4.69, 9.17) is 4.74 Å². The van der Waals surface area contributed by atoms with Gasteiger partial charge in [-0.2, -0.15) is 0 Å². The van der Waals surface area contributed by atoms with Gasteiger partial charge in [0.25, 0.3) is 0 Å². The second-order valence-electron chi connectivity index (χ2n) is 5.28. The summed E-state index contributed by atoms with van der Waals surface area (Å²) in [6.45, 7) is 3.93. The van der Waals surface area contributed by atoms with E-state index < -0.39 is 0 Å². The highest BCUT2D eigenvalue weighted by atomic mass is 35.5. The molecule has 0 saturated carbocycles. The largest absolute Gasteiger partial charge is 0.496 e. The smallest absolute Gasteiger partial charge is 0.123 e. The third-order valence-corrected chi connectivity index (χ3v) is 4.01. The van der Waals surface area contributed by atoms with E-state index in [2.05, 4.69) is 39.5 Å². The number of piperazine rings is 1. The number of rotatable bonds is 4. The van der Waals surface area contributed by atoms with Crippen molar-refractivity contribution >= 4 is 12.4 Å². The summed E-state index contributed by atoms with van der Waals surface area (Å²) in [5.74, 6) is 0.963. The number of halogens is 1. The van der Waals surface area contributed by atoms with Crippen molar-refractivity contribution in [2.75, 3.05) is 26.7 Å². The minimum absolute atomic E-state index is 0. The fourth-order valence-corrected chi connectivity index (χ4v) is 2.90. The third kappa shape index (κ3) is 3.77. The molecule has 2 aromatic rings. The highest BCUT2D eigenvalue weighted by molar-refractivity contribution is 5.85. The van der Waals surface area contributed by atoms with E-state index in [0.717, 1.165) is 31.9 Å². The maximum absolute atomic E-state index is 5.48. The van der Waals surface area contributed by atoms with Gasteiger partial charge in [-0.25, -0.2) is 0 Å². The molecule has 118 valence electrons. The number of nitrogens with zero attached hydrogens (tertiary/aromatic N) is 2. The number of hydrogen-bond acceptors (Lipinski definition) is 4. The Kier molecular flexibility index (Phi) is 6.19. The average molecular weight is 320 g/mol. The lowest BCUT2D eigenvalue weighted by molar-refractivity contribution is 0.152. The van der Waals surface area contributed by atoms with Crippen molar-refractivity contribution in [1.29, 1.82) is 0 Å². The molecule has 0 radical (unpaired) electrons. The quantitative estimate of drug-likeness (QED) is 0.940. The molecule has 1 unspecified atom stereocenters. The lowest BCUT2D eigenvalue weighted by Gasteiger charge is -2.36. The van der Waals surface area contributed by atoms with Gasteiger partial charge in [-0.05, 0) is 23.8 Å². The van der Waals surface area contributed by atoms with Crippen molar-refractivity contribution in [3.8, 4) is 5.75 Å². The Hall–Kier alpha value is -1.62. The van der Waals surface area contributed by atoms with Gasteiger partial charge in [-0.1, -0.05) is 18.2 Å². The van der Waals surface area contributed by atoms with Crippen molar-refractivity contribution in [3.63, 3.8) is 0 Å². The van der Waals surface area contributed by atoms with Gasteiger partial charge in [0, 0.05) is 50.2 Å². The van der Waals surface area contributed by atoms with Crippen LogP contribution in [-0.4, -0.2) is 36.6 Å². The van der Waals surface area contributed by atoms with Gasteiger partial charge in [0.1, 0.15) is 5.75 Å². The predicted molar refractivity (Wildman–Crippen MR) is 90.5 cm³/mol. The molecule has 4 nitrogen and oxygen atoms in total. The van der Waals surface area contributed by atoms with Crippen LogP contribution in [0.1, 0.15) is 17.2 Å². The second kappa shape index (κ2) is 8.13. The standard InChI is InChI=1S/C17H21N3O.ClH/c1-21-17-5-3-2-4-15(17)13-20-11-10-19-12-16(20)14-6-8-18-9-7-14;/h2-9,16,19H,10-13H2,1H3;1H. The highest BCUT2D eigenvalue weighted by Crippen LogP contribution is 2.26. The van der Waals surface area contributed by atoms with Crippen LogP contribution in [0, 0.1) is 0 Å². The molecule has 0 aliphatic carbocycles. The van der Waals surface area contributed by atoms with E-state index >= 15 is 0 Å². The molecule has 0 bridgehead atoms. The molecule has 1 aliphatic rings. The normalized spacial score (nSPS) is 18.5. The van der Waals surface area contributed by atoms with E-state index in [-0.39, 0.29) is 12.4 Å². The van der Waals surface area contributed by atoms with Crippen LogP contribution in [0.3, 0.4) is 0 Å². The number of aromatic nitrogens is 1. The van der Waals surface area contributed by atoms with Crippen molar-refractivity contribution in [1.82, 2.24) is 15.2 Å². The number of benzene rings is 1. The van der Waals surface area contributed by atoms with Gasteiger partial charge >= 0.3 is 0 Å². The average Bonchev–Trinajstić information content (AvgIpc) is 2.57. The molecule has 0 amide bonds.